The minimum absolute atomic E-state index is 0.0448. The predicted octanol–water partition coefficient (Wildman–Crippen LogP) is 3.91. The average molecular weight is 528 g/mol. The van der Waals surface area contributed by atoms with Crippen molar-refractivity contribution < 1.29 is 42.1 Å². The van der Waals surface area contributed by atoms with E-state index in [2.05, 4.69) is 0 Å². The first-order valence-corrected chi connectivity index (χ1v) is 11.7. The molecular weight excluding hydrogens is 505 g/mol. The van der Waals surface area contributed by atoms with Crippen LogP contribution < -0.4 is 4.90 Å². The van der Waals surface area contributed by atoms with Crippen LogP contribution in [0.2, 0.25) is 0 Å². The molecule has 0 spiro atoms. The molecule has 0 saturated carbocycles. The topological polar surface area (TPSA) is 117 Å². The zero-order valence-corrected chi connectivity index (χ0v) is 20.4. The highest BCUT2D eigenvalue weighted by Gasteiger charge is 2.70. The summed E-state index contributed by atoms with van der Waals surface area (Å²) in [5.41, 5.74) is -0.202. The molecular formula is C27H23F3N2O6. The number of hydrogen-bond acceptors (Lipinski definition) is 8. The number of esters is 1. The Morgan fingerprint density at radius 1 is 1.16 bits per heavy atom. The summed E-state index contributed by atoms with van der Waals surface area (Å²) in [6.07, 6.45) is -5.39. The lowest BCUT2D eigenvalue weighted by atomic mass is 9.69. The van der Waals surface area contributed by atoms with Crippen LogP contribution in [0.5, 0.6) is 0 Å². The van der Waals surface area contributed by atoms with Crippen molar-refractivity contribution in [3.05, 3.63) is 76.6 Å². The van der Waals surface area contributed by atoms with Gasteiger partial charge in [0.1, 0.15) is 5.92 Å². The maximum atomic E-state index is 14.5. The van der Waals surface area contributed by atoms with Crippen LogP contribution in [0.4, 0.5) is 18.9 Å². The first-order chi connectivity index (χ1) is 18.0. The lowest BCUT2D eigenvalue weighted by Crippen LogP contribution is -2.61. The smallest absolute Gasteiger partial charge is 0.456 e. The predicted molar refractivity (Wildman–Crippen MR) is 127 cm³/mol. The summed E-state index contributed by atoms with van der Waals surface area (Å²) in [6, 6.07) is 13.5. The Hall–Kier alpha value is -4.17. The Balaban J connectivity index is 2.01. The fraction of sp³-hybridized carbons (Fsp3) is 0.333. The third-order valence-electron chi connectivity index (χ3n) is 6.61. The number of ether oxygens (including phenoxy) is 2. The van der Waals surface area contributed by atoms with E-state index in [0.717, 1.165) is 0 Å². The molecule has 2 aromatic rings. The van der Waals surface area contributed by atoms with Gasteiger partial charge in [-0.2, -0.15) is 18.4 Å². The molecule has 1 aliphatic heterocycles. The molecule has 1 heterocycles. The standard InChI is InChI=1S/C27H23F3N2O6/c1-3-37-25(35)21-19(15-8-6-9-16(14-15)32(2)13-7-12-31)20-22(33)17-10-4-5-11-18(17)23(34)24(20)38-26(21,36)27(28,29)30/h4-6,8-11,14,19,21,36H,3,7,13H2,1-2H3/t19-,21-,26+/m0/s1. The van der Waals surface area contributed by atoms with E-state index in [0.29, 0.717) is 12.2 Å². The van der Waals surface area contributed by atoms with Crippen molar-refractivity contribution in [1.29, 1.82) is 5.26 Å². The minimum Gasteiger partial charge on any atom is -0.466 e. The molecule has 1 N–H and O–H groups in total. The summed E-state index contributed by atoms with van der Waals surface area (Å²) in [7, 11) is 1.66. The number of nitriles is 1. The number of benzene rings is 2. The minimum atomic E-state index is -5.55. The van der Waals surface area contributed by atoms with Crippen molar-refractivity contribution in [2.45, 2.75) is 31.2 Å². The SMILES string of the molecule is CCOC(=O)[C@@H]1[C@@H](c2cccc(N(C)CCC#N)c2)C2=C(O[C@@]1(O)C(F)(F)F)C(=O)c1ccccc1C2=O. The fourth-order valence-corrected chi connectivity index (χ4v) is 4.79. The molecule has 8 nitrogen and oxygen atoms in total. The van der Waals surface area contributed by atoms with E-state index in [1.165, 1.54) is 49.4 Å². The number of alkyl halides is 3. The zero-order valence-electron chi connectivity index (χ0n) is 20.4. The van der Waals surface area contributed by atoms with Crippen LogP contribution in [0.3, 0.4) is 0 Å². The first-order valence-electron chi connectivity index (χ1n) is 11.7. The quantitative estimate of drug-likeness (QED) is 0.561. The van der Waals surface area contributed by atoms with Crippen LogP contribution in [-0.4, -0.2) is 54.8 Å². The third kappa shape index (κ3) is 4.31. The van der Waals surface area contributed by atoms with Gasteiger partial charge in [-0.15, -0.1) is 0 Å². The van der Waals surface area contributed by atoms with Gasteiger partial charge < -0.3 is 19.5 Å². The van der Waals surface area contributed by atoms with E-state index in [-0.39, 0.29) is 29.7 Å². The summed E-state index contributed by atoms with van der Waals surface area (Å²) >= 11 is 0. The van der Waals surface area contributed by atoms with Crippen LogP contribution >= 0.6 is 0 Å². The number of anilines is 1. The Labute approximate surface area is 215 Å². The summed E-state index contributed by atoms with van der Waals surface area (Å²) in [4.78, 5) is 41.7. The number of carbonyl (C=O) groups is 3. The second kappa shape index (κ2) is 9.95. The number of halogens is 3. The molecule has 1 aliphatic carbocycles. The number of ketones is 2. The Morgan fingerprint density at radius 2 is 1.82 bits per heavy atom. The number of aliphatic hydroxyl groups is 1. The second-order valence-corrected chi connectivity index (χ2v) is 8.87. The van der Waals surface area contributed by atoms with E-state index >= 15 is 0 Å². The molecule has 0 amide bonds. The molecule has 0 fully saturated rings. The van der Waals surface area contributed by atoms with Crippen LogP contribution in [0.1, 0.15) is 45.5 Å². The number of rotatable bonds is 6. The Bertz CT molecular complexity index is 1380. The molecule has 0 unspecified atom stereocenters. The molecule has 0 bridgehead atoms. The molecule has 0 radical (unpaired) electrons. The maximum absolute atomic E-state index is 14.5. The highest BCUT2D eigenvalue weighted by molar-refractivity contribution is 6.27. The van der Waals surface area contributed by atoms with Gasteiger partial charge in [0.25, 0.3) is 0 Å². The average Bonchev–Trinajstić information content (AvgIpc) is 2.89. The number of nitrogens with zero attached hydrogens (tertiary/aromatic N) is 2. The normalized spacial score (nSPS) is 22.7. The third-order valence-corrected chi connectivity index (χ3v) is 6.61. The molecule has 11 heteroatoms. The van der Waals surface area contributed by atoms with Crippen LogP contribution in [-0.2, 0) is 14.3 Å². The van der Waals surface area contributed by atoms with E-state index in [4.69, 9.17) is 14.7 Å². The number of hydrogen-bond donors (Lipinski definition) is 1. The largest absolute Gasteiger partial charge is 0.466 e. The molecule has 0 saturated heterocycles. The number of fused-ring (bicyclic) bond motifs is 1. The van der Waals surface area contributed by atoms with Crippen molar-refractivity contribution in [3.8, 4) is 6.07 Å². The second-order valence-electron chi connectivity index (χ2n) is 8.87. The van der Waals surface area contributed by atoms with E-state index in [1.54, 1.807) is 18.0 Å². The highest BCUT2D eigenvalue weighted by Crippen LogP contribution is 2.54. The molecule has 38 heavy (non-hydrogen) atoms. The van der Waals surface area contributed by atoms with Crippen LogP contribution in [0.25, 0.3) is 0 Å². The highest BCUT2D eigenvalue weighted by atomic mass is 19.4. The summed E-state index contributed by atoms with van der Waals surface area (Å²) in [5, 5.41) is 19.9. The van der Waals surface area contributed by atoms with Gasteiger partial charge in [0.2, 0.25) is 5.78 Å². The fourth-order valence-electron chi connectivity index (χ4n) is 4.79. The van der Waals surface area contributed by atoms with E-state index < -0.39 is 52.7 Å². The summed E-state index contributed by atoms with van der Waals surface area (Å²) in [5.74, 6) is -12.6. The lowest BCUT2D eigenvalue weighted by Gasteiger charge is -2.45. The monoisotopic (exact) mass is 528 g/mol. The van der Waals surface area contributed by atoms with E-state index in [1.807, 2.05) is 6.07 Å². The lowest BCUT2D eigenvalue weighted by molar-refractivity contribution is -0.375. The van der Waals surface area contributed by atoms with Gasteiger partial charge in [0.15, 0.2) is 11.5 Å². The molecule has 198 valence electrons. The summed E-state index contributed by atoms with van der Waals surface area (Å²) in [6.45, 7) is 1.36. The maximum Gasteiger partial charge on any atom is 0.456 e. The Morgan fingerprint density at radius 3 is 2.42 bits per heavy atom. The van der Waals surface area contributed by atoms with Gasteiger partial charge in [0, 0.05) is 36.3 Å². The van der Waals surface area contributed by atoms with Gasteiger partial charge in [0.05, 0.1) is 24.7 Å². The number of Topliss-reactive ketones (excluding diaryl/α,β-unsaturated/α-hetero) is 2. The van der Waals surface area contributed by atoms with Crippen molar-refractivity contribution in [1.82, 2.24) is 0 Å². The molecule has 3 atom stereocenters. The molecule has 0 aromatic heterocycles. The van der Waals surface area contributed by atoms with Gasteiger partial charge in [-0.05, 0) is 24.6 Å². The van der Waals surface area contributed by atoms with Gasteiger partial charge in [-0.1, -0.05) is 36.4 Å². The van der Waals surface area contributed by atoms with Crippen molar-refractivity contribution in [3.63, 3.8) is 0 Å². The van der Waals surface area contributed by atoms with Crippen LogP contribution in [0, 0.1) is 17.2 Å². The molecule has 2 aliphatic rings. The Kier molecular flexibility index (Phi) is 7.04. The molecule has 2 aromatic carbocycles. The van der Waals surface area contributed by atoms with Crippen molar-refractivity contribution in [2.75, 3.05) is 25.1 Å². The summed E-state index contributed by atoms with van der Waals surface area (Å²) < 4.78 is 53.2. The van der Waals surface area contributed by atoms with E-state index in [9.17, 15) is 32.7 Å². The van der Waals surface area contributed by atoms with Gasteiger partial charge in [-0.25, -0.2) is 0 Å². The van der Waals surface area contributed by atoms with Crippen molar-refractivity contribution >= 4 is 23.2 Å². The zero-order chi connectivity index (χ0) is 27.8. The number of carbonyl (C=O) groups excluding carboxylic acids is 3. The number of allylic oxidation sites excluding steroid dienone is 2. The first kappa shape index (κ1) is 26.9. The van der Waals surface area contributed by atoms with Crippen molar-refractivity contribution in [2.24, 2.45) is 5.92 Å². The van der Waals surface area contributed by atoms with Crippen LogP contribution in [0.15, 0.2) is 59.9 Å². The molecule has 4 rings (SSSR count). The van der Waals surface area contributed by atoms with Gasteiger partial charge >= 0.3 is 17.9 Å². The van der Waals surface area contributed by atoms with Gasteiger partial charge in [-0.3, -0.25) is 14.4 Å².